The molecule has 106 valence electrons. The zero-order valence-electron chi connectivity index (χ0n) is 12.0. The van der Waals surface area contributed by atoms with E-state index in [1.54, 1.807) is 14.2 Å². The second-order valence-corrected chi connectivity index (χ2v) is 4.68. The topological polar surface area (TPSA) is 44.5 Å². The molecule has 0 saturated carbocycles. The number of hydrogen-bond acceptors (Lipinski definition) is 3. The van der Waals surface area contributed by atoms with Gasteiger partial charge in [0.05, 0.1) is 14.2 Å². The highest BCUT2D eigenvalue weighted by Gasteiger charge is 2.14. The Labute approximate surface area is 120 Å². The molecule has 2 aromatic carbocycles. The standard InChI is InChI=1S/C17H21NO2/c1-19-15-8-6-13(7-9-15)17(10-11-18)14-4-3-5-16(12-14)20-2/h3-9,12,17H,10-11,18H2,1-2H3. The quantitative estimate of drug-likeness (QED) is 0.877. The summed E-state index contributed by atoms with van der Waals surface area (Å²) in [6.07, 6.45) is 0.902. The molecule has 0 aromatic heterocycles. The summed E-state index contributed by atoms with van der Waals surface area (Å²) in [5.74, 6) is 2.02. The molecular weight excluding hydrogens is 250 g/mol. The summed E-state index contributed by atoms with van der Waals surface area (Å²) in [7, 11) is 3.36. The van der Waals surface area contributed by atoms with Gasteiger partial charge in [-0.15, -0.1) is 0 Å². The fraction of sp³-hybridized carbons (Fsp3) is 0.294. The number of nitrogens with two attached hydrogens (primary N) is 1. The van der Waals surface area contributed by atoms with Gasteiger partial charge in [0.25, 0.3) is 0 Å². The lowest BCUT2D eigenvalue weighted by Crippen LogP contribution is -2.09. The maximum Gasteiger partial charge on any atom is 0.119 e. The summed E-state index contributed by atoms with van der Waals surface area (Å²) in [5.41, 5.74) is 8.24. The lowest BCUT2D eigenvalue weighted by Gasteiger charge is -2.18. The van der Waals surface area contributed by atoms with E-state index in [4.69, 9.17) is 15.2 Å². The first-order chi connectivity index (χ1) is 9.78. The second-order valence-electron chi connectivity index (χ2n) is 4.68. The number of methoxy groups -OCH3 is 2. The predicted octanol–water partition coefficient (Wildman–Crippen LogP) is 3.18. The van der Waals surface area contributed by atoms with Crippen LogP contribution in [-0.2, 0) is 0 Å². The molecule has 0 saturated heterocycles. The van der Waals surface area contributed by atoms with Gasteiger partial charge in [0.1, 0.15) is 11.5 Å². The number of benzene rings is 2. The van der Waals surface area contributed by atoms with Gasteiger partial charge in [-0.1, -0.05) is 24.3 Å². The van der Waals surface area contributed by atoms with Gasteiger partial charge in [0, 0.05) is 5.92 Å². The molecule has 20 heavy (non-hydrogen) atoms. The molecule has 2 rings (SSSR count). The van der Waals surface area contributed by atoms with Crippen LogP contribution in [0.4, 0.5) is 0 Å². The molecule has 0 bridgehead atoms. The molecule has 0 fully saturated rings. The zero-order chi connectivity index (χ0) is 14.4. The fourth-order valence-corrected chi connectivity index (χ4v) is 2.39. The summed E-state index contributed by atoms with van der Waals surface area (Å²) < 4.78 is 10.5. The highest BCUT2D eigenvalue weighted by molar-refractivity contribution is 5.39. The minimum Gasteiger partial charge on any atom is -0.497 e. The average molecular weight is 271 g/mol. The van der Waals surface area contributed by atoms with Crippen molar-refractivity contribution in [3.8, 4) is 11.5 Å². The van der Waals surface area contributed by atoms with Gasteiger partial charge < -0.3 is 15.2 Å². The fourth-order valence-electron chi connectivity index (χ4n) is 2.39. The first-order valence-electron chi connectivity index (χ1n) is 6.76. The van der Waals surface area contributed by atoms with Gasteiger partial charge in [-0.2, -0.15) is 0 Å². The van der Waals surface area contributed by atoms with Crippen LogP contribution in [0.15, 0.2) is 48.5 Å². The van der Waals surface area contributed by atoms with Crippen molar-refractivity contribution in [1.82, 2.24) is 0 Å². The Morgan fingerprint density at radius 3 is 2.20 bits per heavy atom. The highest BCUT2D eigenvalue weighted by atomic mass is 16.5. The Balaban J connectivity index is 2.33. The van der Waals surface area contributed by atoms with Gasteiger partial charge in [-0.25, -0.2) is 0 Å². The van der Waals surface area contributed by atoms with Gasteiger partial charge in [-0.3, -0.25) is 0 Å². The molecule has 3 nitrogen and oxygen atoms in total. The van der Waals surface area contributed by atoms with E-state index in [-0.39, 0.29) is 5.92 Å². The van der Waals surface area contributed by atoms with Crippen molar-refractivity contribution in [2.24, 2.45) is 5.73 Å². The minimum atomic E-state index is 0.279. The molecule has 1 unspecified atom stereocenters. The van der Waals surface area contributed by atoms with Crippen molar-refractivity contribution in [2.45, 2.75) is 12.3 Å². The summed E-state index contributed by atoms with van der Waals surface area (Å²) in [5, 5.41) is 0. The predicted molar refractivity (Wildman–Crippen MR) is 81.5 cm³/mol. The van der Waals surface area contributed by atoms with E-state index in [0.29, 0.717) is 6.54 Å². The van der Waals surface area contributed by atoms with Gasteiger partial charge in [0.2, 0.25) is 0 Å². The third kappa shape index (κ3) is 3.31. The largest absolute Gasteiger partial charge is 0.497 e. The third-order valence-corrected chi connectivity index (χ3v) is 3.47. The van der Waals surface area contributed by atoms with Gasteiger partial charge >= 0.3 is 0 Å². The smallest absolute Gasteiger partial charge is 0.119 e. The first kappa shape index (κ1) is 14.4. The Morgan fingerprint density at radius 1 is 0.900 bits per heavy atom. The van der Waals surface area contributed by atoms with Crippen LogP contribution < -0.4 is 15.2 Å². The van der Waals surface area contributed by atoms with E-state index >= 15 is 0 Å². The Hall–Kier alpha value is -2.00. The number of ether oxygens (including phenoxy) is 2. The normalized spacial score (nSPS) is 11.9. The van der Waals surface area contributed by atoms with Crippen LogP contribution in [0.3, 0.4) is 0 Å². The van der Waals surface area contributed by atoms with Gasteiger partial charge in [0.15, 0.2) is 0 Å². The maximum atomic E-state index is 5.77. The van der Waals surface area contributed by atoms with Crippen LogP contribution in [0.1, 0.15) is 23.5 Å². The maximum absolute atomic E-state index is 5.77. The molecule has 3 heteroatoms. The van der Waals surface area contributed by atoms with Crippen molar-refractivity contribution in [3.63, 3.8) is 0 Å². The molecule has 0 amide bonds. The second kappa shape index (κ2) is 6.96. The number of hydrogen-bond donors (Lipinski definition) is 1. The van der Waals surface area contributed by atoms with E-state index in [2.05, 4.69) is 24.3 Å². The molecule has 0 aliphatic heterocycles. The van der Waals surface area contributed by atoms with E-state index in [0.717, 1.165) is 17.9 Å². The summed E-state index contributed by atoms with van der Waals surface area (Å²) in [6, 6.07) is 16.3. The molecule has 2 N–H and O–H groups in total. The van der Waals surface area contributed by atoms with Crippen LogP contribution in [0, 0.1) is 0 Å². The highest BCUT2D eigenvalue weighted by Crippen LogP contribution is 2.30. The molecular formula is C17H21NO2. The molecule has 0 heterocycles. The van der Waals surface area contributed by atoms with Crippen LogP contribution in [-0.4, -0.2) is 20.8 Å². The monoisotopic (exact) mass is 271 g/mol. The van der Waals surface area contributed by atoms with Crippen molar-refractivity contribution >= 4 is 0 Å². The molecule has 0 aliphatic carbocycles. The van der Waals surface area contributed by atoms with Crippen LogP contribution in [0.2, 0.25) is 0 Å². The van der Waals surface area contributed by atoms with Crippen molar-refractivity contribution < 1.29 is 9.47 Å². The zero-order valence-corrected chi connectivity index (χ0v) is 12.0. The average Bonchev–Trinajstić information content (AvgIpc) is 2.53. The van der Waals surface area contributed by atoms with Crippen molar-refractivity contribution in [2.75, 3.05) is 20.8 Å². The van der Waals surface area contributed by atoms with Crippen LogP contribution >= 0.6 is 0 Å². The van der Waals surface area contributed by atoms with E-state index in [1.807, 2.05) is 24.3 Å². The molecule has 2 aromatic rings. The Kier molecular flexibility index (Phi) is 5.02. The lowest BCUT2D eigenvalue weighted by atomic mass is 9.88. The molecule has 0 spiro atoms. The number of rotatable bonds is 6. The SMILES string of the molecule is COc1ccc(C(CCN)c2cccc(OC)c2)cc1. The summed E-state index contributed by atoms with van der Waals surface area (Å²) in [6.45, 7) is 0.647. The van der Waals surface area contributed by atoms with E-state index < -0.39 is 0 Å². The van der Waals surface area contributed by atoms with Crippen LogP contribution in [0.25, 0.3) is 0 Å². The van der Waals surface area contributed by atoms with E-state index in [1.165, 1.54) is 11.1 Å². The van der Waals surface area contributed by atoms with Crippen LogP contribution in [0.5, 0.6) is 11.5 Å². The molecule has 0 radical (unpaired) electrons. The van der Waals surface area contributed by atoms with Crippen molar-refractivity contribution in [1.29, 1.82) is 0 Å². The Morgan fingerprint density at radius 2 is 1.60 bits per heavy atom. The minimum absolute atomic E-state index is 0.279. The summed E-state index contributed by atoms with van der Waals surface area (Å²) >= 11 is 0. The van der Waals surface area contributed by atoms with Crippen molar-refractivity contribution in [3.05, 3.63) is 59.7 Å². The van der Waals surface area contributed by atoms with E-state index in [9.17, 15) is 0 Å². The molecule has 1 atom stereocenters. The first-order valence-corrected chi connectivity index (χ1v) is 6.76. The molecule has 0 aliphatic rings. The lowest BCUT2D eigenvalue weighted by molar-refractivity contribution is 0.413. The van der Waals surface area contributed by atoms with Gasteiger partial charge in [-0.05, 0) is 48.4 Å². The third-order valence-electron chi connectivity index (χ3n) is 3.47. The Bertz CT molecular complexity index is 537. The summed E-state index contributed by atoms with van der Waals surface area (Å²) in [4.78, 5) is 0.